The number of imidazole rings is 1. The SMILES string of the molecule is CN1CCN(Cc2ccc(NC(=O)c3ccc(-c4csc5ccccc45)c4nccnc34)nc2)CC1.O=C(Nc1ncc[nH]1)c1ccc(-c2csc3ccccc23)c2nccnc12. The van der Waals surface area contributed by atoms with E-state index in [0.29, 0.717) is 45.0 Å². The summed E-state index contributed by atoms with van der Waals surface area (Å²) < 4.78 is 2.43. The van der Waals surface area contributed by atoms with Crippen molar-refractivity contribution in [3.63, 3.8) is 0 Å². The first-order chi connectivity index (χ1) is 31.0. The fourth-order valence-corrected chi connectivity index (χ4v) is 9.76. The first-order valence-electron chi connectivity index (χ1n) is 20.4. The van der Waals surface area contributed by atoms with Crippen LogP contribution in [-0.4, -0.2) is 89.7 Å². The predicted molar refractivity (Wildman–Crippen MR) is 252 cm³/mol. The highest BCUT2D eigenvalue weighted by atomic mass is 32.1. The molecule has 0 spiro atoms. The van der Waals surface area contributed by atoms with Gasteiger partial charge < -0.3 is 15.2 Å². The van der Waals surface area contributed by atoms with Crippen LogP contribution in [0, 0.1) is 0 Å². The number of carbonyl (C=O) groups excluding carboxylic acids is 2. The number of fused-ring (bicyclic) bond motifs is 4. The third kappa shape index (κ3) is 8.25. The molecule has 15 heteroatoms. The van der Waals surface area contributed by atoms with Gasteiger partial charge in [0.05, 0.1) is 22.2 Å². The Hall–Kier alpha value is -7.30. The number of aromatic amines is 1. The van der Waals surface area contributed by atoms with Gasteiger partial charge in [0.2, 0.25) is 5.95 Å². The van der Waals surface area contributed by atoms with Crippen LogP contribution in [0.5, 0.6) is 0 Å². The molecule has 0 unspecified atom stereocenters. The maximum absolute atomic E-state index is 13.2. The largest absolute Gasteiger partial charge is 0.331 e. The highest BCUT2D eigenvalue weighted by Gasteiger charge is 2.20. The summed E-state index contributed by atoms with van der Waals surface area (Å²) in [5.41, 5.74) is 8.76. The minimum atomic E-state index is -0.280. The lowest BCUT2D eigenvalue weighted by atomic mass is 10.00. The second-order valence-electron chi connectivity index (χ2n) is 15.1. The molecule has 7 heterocycles. The molecule has 11 rings (SSSR count). The number of aromatic nitrogens is 7. The number of H-pyrrole nitrogens is 1. The number of thiophene rings is 2. The standard InChI is InChI=1S/C28H26N6OS.C20H13N5OS/c1-33-12-14-34(15-13-33)17-19-6-9-25(31-16-19)32-28(35)22-8-7-21(26-27(22)30-11-10-29-26)23-18-36-24-5-3-2-4-20(23)24;26-19(25-20-23-9-10-24-20)14-6-5-13(17-18(14)22-8-7-21-17)15-11-27-16-4-2-1-3-12(15)16/h2-11,16,18H,12-15,17H2,1H3,(H,31,32,35);1-11H,(H2,23,24,25,26). The topological polar surface area (TPSA) is 158 Å². The Bertz CT molecular complexity index is 3250. The van der Waals surface area contributed by atoms with Crippen molar-refractivity contribution in [1.29, 1.82) is 0 Å². The van der Waals surface area contributed by atoms with Crippen molar-refractivity contribution in [3.8, 4) is 22.3 Å². The third-order valence-corrected chi connectivity index (χ3v) is 13.0. The number of amides is 2. The first-order valence-corrected chi connectivity index (χ1v) is 22.1. The molecule has 0 bridgehead atoms. The highest BCUT2D eigenvalue weighted by molar-refractivity contribution is 7.18. The van der Waals surface area contributed by atoms with Crippen LogP contribution in [0.3, 0.4) is 0 Å². The highest BCUT2D eigenvalue weighted by Crippen LogP contribution is 2.39. The molecular weight excluding hydrogens is 827 g/mol. The van der Waals surface area contributed by atoms with Crippen LogP contribution < -0.4 is 10.6 Å². The number of hydrogen-bond acceptors (Lipinski definition) is 12. The molecule has 2 amide bonds. The number of nitrogens with one attached hydrogen (secondary N) is 3. The van der Waals surface area contributed by atoms with Gasteiger partial charge in [-0.15, -0.1) is 22.7 Å². The summed E-state index contributed by atoms with van der Waals surface area (Å²) in [5, 5.41) is 12.3. The van der Waals surface area contributed by atoms with Gasteiger partial charge in [0.25, 0.3) is 11.8 Å². The maximum atomic E-state index is 13.2. The first kappa shape index (κ1) is 39.8. The molecule has 4 aromatic carbocycles. The molecule has 0 atom stereocenters. The number of likely N-dealkylation sites (N-methyl/N-ethyl adjacent to an activating group) is 1. The van der Waals surface area contributed by atoms with E-state index in [9.17, 15) is 9.59 Å². The second kappa shape index (κ2) is 17.6. The Morgan fingerprint density at radius 1 is 0.587 bits per heavy atom. The van der Waals surface area contributed by atoms with Crippen molar-refractivity contribution in [2.45, 2.75) is 6.54 Å². The van der Waals surface area contributed by atoms with Gasteiger partial charge in [-0.3, -0.25) is 39.7 Å². The van der Waals surface area contributed by atoms with Crippen LogP contribution in [0.1, 0.15) is 26.3 Å². The van der Waals surface area contributed by atoms with E-state index in [1.807, 2.05) is 60.8 Å². The molecule has 1 aliphatic rings. The second-order valence-corrected chi connectivity index (χ2v) is 16.9. The van der Waals surface area contributed by atoms with Gasteiger partial charge in [-0.2, -0.15) is 0 Å². The van der Waals surface area contributed by atoms with E-state index in [-0.39, 0.29) is 11.8 Å². The van der Waals surface area contributed by atoms with E-state index in [2.05, 4.69) is 97.4 Å². The van der Waals surface area contributed by atoms with E-state index in [1.165, 1.54) is 20.2 Å². The number of pyridine rings is 1. The van der Waals surface area contributed by atoms with Crippen LogP contribution in [0.15, 0.2) is 139 Å². The van der Waals surface area contributed by atoms with E-state index in [1.54, 1.807) is 65.9 Å². The van der Waals surface area contributed by atoms with Crippen LogP contribution in [0.4, 0.5) is 11.8 Å². The Labute approximate surface area is 369 Å². The maximum Gasteiger partial charge on any atom is 0.260 e. The minimum absolute atomic E-state index is 0.249. The van der Waals surface area contributed by atoms with Gasteiger partial charge in [0, 0.05) is 119 Å². The van der Waals surface area contributed by atoms with Gasteiger partial charge in [0.15, 0.2) is 0 Å². The van der Waals surface area contributed by atoms with Crippen LogP contribution in [0.2, 0.25) is 0 Å². The zero-order valence-corrected chi connectivity index (χ0v) is 35.7. The zero-order valence-electron chi connectivity index (χ0n) is 34.0. The average molecular weight is 866 g/mol. The van der Waals surface area contributed by atoms with Gasteiger partial charge >= 0.3 is 0 Å². The molecule has 0 radical (unpaired) electrons. The normalized spacial score (nSPS) is 13.3. The minimum Gasteiger partial charge on any atom is -0.331 e. The predicted octanol–water partition coefficient (Wildman–Crippen LogP) is 9.39. The number of piperazine rings is 1. The Kier molecular flexibility index (Phi) is 11.1. The summed E-state index contributed by atoms with van der Waals surface area (Å²) in [6.45, 7) is 5.15. The quantitative estimate of drug-likeness (QED) is 0.134. The van der Waals surface area contributed by atoms with E-state index < -0.39 is 0 Å². The van der Waals surface area contributed by atoms with E-state index in [0.717, 1.165) is 60.5 Å². The summed E-state index contributed by atoms with van der Waals surface area (Å²) in [6.07, 6.45) is 11.6. The molecule has 1 fully saturated rings. The van der Waals surface area contributed by atoms with E-state index in [4.69, 9.17) is 0 Å². The summed E-state index contributed by atoms with van der Waals surface area (Å²) in [4.78, 5) is 60.2. The monoisotopic (exact) mass is 865 g/mol. The van der Waals surface area contributed by atoms with Crippen molar-refractivity contribution < 1.29 is 9.59 Å². The van der Waals surface area contributed by atoms with Crippen molar-refractivity contribution in [2.75, 3.05) is 43.9 Å². The Morgan fingerprint density at radius 2 is 1.14 bits per heavy atom. The summed E-state index contributed by atoms with van der Waals surface area (Å²) in [7, 11) is 2.16. The summed E-state index contributed by atoms with van der Waals surface area (Å²) >= 11 is 3.39. The molecular formula is C48H39N11O2S2. The lowest BCUT2D eigenvalue weighted by molar-refractivity contribution is 0.101. The molecule has 3 N–H and O–H groups in total. The number of anilines is 2. The van der Waals surface area contributed by atoms with Gasteiger partial charge in [-0.25, -0.2) is 9.97 Å². The van der Waals surface area contributed by atoms with Crippen LogP contribution in [-0.2, 0) is 6.54 Å². The number of carbonyl (C=O) groups is 2. The molecule has 6 aromatic heterocycles. The molecule has 0 saturated carbocycles. The lowest BCUT2D eigenvalue weighted by Gasteiger charge is -2.32. The average Bonchev–Trinajstić information content (AvgIpc) is 4.11. The molecule has 1 aliphatic heterocycles. The van der Waals surface area contributed by atoms with Gasteiger partial charge in [-0.05, 0) is 53.7 Å². The molecule has 0 aliphatic carbocycles. The summed E-state index contributed by atoms with van der Waals surface area (Å²) in [5.74, 6) is 0.385. The molecule has 1 saturated heterocycles. The molecule has 63 heavy (non-hydrogen) atoms. The zero-order chi connectivity index (χ0) is 42.7. The molecule has 10 aromatic rings. The Morgan fingerprint density at radius 3 is 1.68 bits per heavy atom. The Balaban J connectivity index is 0.000000156. The van der Waals surface area contributed by atoms with Gasteiger partial charge in [0.1, 0.15) is 16.9 Å². The van der Waals surface area contributed by atoms with Crippen LogP contribution in [0.25, 0.3) is 64.5 Å². The van der Waals surface area contributed by atoms with Crippen molar-refractivity contribution >= 4 is 88.5 Å². The number of rotatable bonds is 8. The van der Waals surface area contributed by atoms with Crippen LogP contribution >= 0.6 is 22.7 Å². The molecule has 310 valence electrons. The third-order valence-electron chi connectivity index (χ3n) is 11.1. The van der Waals surface area contributed by atoms with E-state index >= 15 is 0 Å². The number of benzene rings is 4. The van der Waals surface area contributed by atoms with Gasteiger partial charge in [-0.1, -0.05) is 54.6 Å². The van der Waals surface area contributed by atoms with Crippen molar-refractivity contribution in [1.82, 2.24) is 44.7 Å². The van der Waals surface area contributed by atoms with Crippen molar-refractivity contribution in [2.24, 2.45) is 0 Å². The smallest absolute Gasteiger partial charge is 0.260 e. The number of hydrogen-bond donors (Lipinski definition) is 3. The molecule has 13 nitrogen and oxygen atoms in total. The summed E-state index contributed by atoms with van der Waals surface area (Å²) in [6, 6.07) is 28.0. The fourth-order valence-electron chi connectivity index (χ4n) is 7.84. The fraction of sp³-hybridized carbons (Fsp3) is 0.125. The number of nitrogens with zero attached hydrogens (tertiary/aromatic N) is 8. The lowest BCUT2D eigenvalue weighted by Crippen LogP contribution is -2.43. The van der Waals surface area contributed by atoms with Crippen molar-refractivity contribution in [3.05, 3.63) is 156 Å².